The zero-order chi connectivity index (χ0) is 14.3. The van der Waals surface area contributed by atoms with Crippen LogP contribution in [0.1, 0.15) is 31.0 Å². The van der Waals surface area contributed by atoms with Gasteiger partial charge >= 0.3 is 11.8 Å². The van der Waals surface area contributed by atoms with E-state index < -0.39 is 11.8 Å². The molecule has 0 aliphatic heterocycles. The molecule has 19 heavy (non-hydrogen) atoms. The quantitative estimate of drug-likeness (QED) is 0.639. The molecule has 0 aromatic heterocycles. The van der Waals surface area contributed by atoms with Gasteiger partial charge in [0, 0.05) is 12.4 Å². The molecule has 1 unspecified atom stereocenters. The first-order valence-electron chi connectivity index (χ1n) is 6.32. The number of benzene rings is 1. The molecule has 0 bridgehead atoms. The predicted octanol–water partition coefficient (Wildman–Crippen LogP) is 1.78. The van der Waals surface area contributed by atoms with Crippen LogP contribution in [0.4, 0.5) is 0 Å². The lowest BCUT2D eigenvalue weighted by Gasteiger charge is -2.14. The molecule has 0 fully saturated rings. The number of hydrogen-bond acceptors (Lipinski definition) is 2. The lowest BCUT2D eigenvalue weighted by atomic mass is 10.1. The van der Waals surface area contributed by atoms with Gasteiger partial charge in [-0.25, -0.2) is 0 Å². The maximum absolute atomic E-state index is 11.6. The number of halogens is 1. The topological polar surface area (TPSA) is 58.2 Å². The number of hydrogen-bond donors (Lipinski definition) is 2. The van der Waals surface area contributed by atoms with Gasteiger partial charge in [0.05, 0.1) is 6.04 Å². The SMILES string of the molecule is CCc1ccc(C(C)NC(=O)C(=O)NCCCl)cc1. The summed E-state index contributed by atoms with van der Waals surface area (Å²) in [7, 11) is 0. The fourth-order valence-electron chi connectivity index (χ4n) is 1.63. The van der Waals surface area contributed by atoms with E-state index in [1.807, 2.05) is 31.2 Å². The highest BCUT2D eigenvalue weighted by molar-refractivity contribution is 6.35. The molecule has 0 spiro atoms. The molecule has 0 radical (unpaired) electrons. The minimum Gasteiger partial charge on any atom is -0.347 e. The molecule has 0 heterocycles. The molecule has 0 saturated heterocycles. The van der Waals surface area contributed by atoms with Crippen molar-refractivity contribution in [2.24, 2.45) is 0 Å². The summed E-state index contributed by atoms with van der Waals surface area (Å²) in [6.07, 6.45) is 0.974. The van der Waals surface area contributed by atoms with Crippen molar-refractivity contribution in [3.8, 4) is 0 Å². The highest BCUT2D eigenvalue weighted by atomic mass is 35.5. The van der Waals surface area contributed by atoms with Crippen molar-refractivity contribution in [3.63, 3.8) is 0 Å². The normalized spacial score (nSPS) is 11.7. The summed E-state index contributed by atoms with van der Waals surface area (Å²) in [6.45, 7) is 4.21. The van der Waals surface area contributed by atoms with E-state index in [4.69, 9.17) is 11.6 Å². The summed E-state index contributed by atoms with van der Waals surface area (Å²) in [4.78, 5) is 23.0. The zero-order valence-electron chi connectivity index (χ0n) is 11.2. The van der Waals surface area contributed by atoms with E-state index in [-0.39, 0.29) is 18.5 Å². The van der Waals surface area contributed by atoms with Gasteiger partial charge in [-0.15, -0.1) is 11.6 Å². The molecule has 5 heteroatoms. The number of alkyl halides is 1. The molecule has 0 aliphatic rings. The first-order valence-corrected chi connectivity index (χ1v) is 6.85. The first-order chi connectivity index (χ1) is 9.08. The third-order valence-corrected chi connectivity index (χ3v) is 3.01. The van der Waals surface area contributed by atoms with Gasteiger partial charge in [0.1, 0.15) is 0 Å². The van der Waals surface area contributed by atoms with E-state index in [1.54, 1.807) is 0 Å². The zero-order valence-corrected chi connectivity index (χ0v) is 12.0. The van der Waals surface area contributed by atoms with E-state index in [9.17, 15) is 9.59 Å². The minimum atomic E-state index is -0.655. The van der Waals surface area contributed by atoms with Gasteiger partial charge in [0.2, 0.25) is 0 Å². The summed E-state index contributed by atoms with van der Waals surface area (Å²) in [5.74, 6) is -1.01. The third kappa shape index (κ3) is 4.91. The fourth-order valence-corrected chi connectivity index (χ4v) is 1.72. The van der Waals surface area contributed by atoms with Gasteiger partial charge < -0.3 is 10.6 Å². The molecular weight excluding hydrogens is 264 g/mol. The van der Waals surface area contributed by atoms with Gasteiger partial charge in [-0.3, -0.25) is 9.59 Å². The molecule has 1 aromatic rings. The Kier molecular flexibility index (Phi) is 6.36. The van der Waals surface area contributed by atoms with E-state index in [0.717, 1.165) is 12.0 Å². The van der Waals surface area contributed by atoms with Gasteiger partial charge in [0.25, 0.3) is 0 Å². The van der Waals surface area contributed by atoms with E-state index in [1.165, 1.54) is 5.56 Å². The average Bonchev–Trinajstić information content (AvgIpc) is 2.44. The number of carbonyl (C=O) groups excluding carboxylic acids is 2. The Morgan fingerprint density at radius 2 is 1.84 bits per heavy atom. The summed E-state index contributed by atoms with van der Waals surface area (Å²) < 4.78 is 0. The second-order valence-corrected chi connectivity index (χ2v) is 4.61. The number of amides is 2. The van der Waals surface area contributed by atoms with Crippen LogP contribution in [0.2, 0.25) is 0 Å². The molecule has 2 amide bonds. The van der Waals surface area contributed by atoms with Crippen LogP contribution in [0.25, 0.3) is 0 Å². The Balaban J connectivity index is 2.55. The van der Waals surface area contributed by atoms with Gasteiger partial charge in [-0.2, -0.15) is 0 Å². The number of aryl methyl sites for hydroxylation is 1. The number of nitrogens with one attached hydrogen (secondary N) is 2. The number of rotatable bonds is 5. The number of carbonyl (C=O) groups is 2. The molecule has 4 nitrogen and oxygen atoms in total. The van der Waals surface area contributed by atoms with Crippen LogP contribution in [0, 0.1) is 0 Å². The summed E-state index contributed by atoms with van der Waals surface area (Å²) in [5.41, 5.74) is 2.21. The Morgan fingerprint density at radius 3 is 2.37 bits per heavy atom. The van der Waals surface area contributed by atoms with E-state index >= 15 is 0 Å². The molecule has 1 rings (SSSR count). The van der Waals surface area contributed by atoms with Crippen LogP contribution in [0.15, 0.2) is 24.3 Å². The summed E-state index contributed by atoms with van der Waals surface area (Å²) >= 11 is 5.43. The molecular formula is C14H19ClN2O2. The van der Waals surface area contributed by atoms with Crippen molar-refractivity contribution in [2.75, 3.05) is 12.4 Å². The van der Waals surface area contributed by atoms with Gasteiger partial charge in [0.15, 0.2) is 0 Å². The van der Waals surface area contributed by atoms with E-state index in [0.29, 0.717) is 0 Å². The maximum atomic E-state index is 11.6. The Labute approximate surface area is 118 Å². The van der Waals surface area contributed by atoms with Crippen LogP contribution >= 0.6 is 11.6 Å². The van der Waals surface area contributed by atoms with Crippen molar-refractivity contribution >= 4 is 23.4 Å². The van der Waals surface area contributed by atoms with Crippen molar-refractivity contribution in [3.05, 3.63) is 35.4 Å². The predicted molar refractivity (Wildman–Crippen MR) is 76.1 cm³/mol. The fraction of sp³-hybridized carbons (Fsp3) is 0.429. The molecule has 0 aliphatic carbocycles. The van der Waals surface area contributed by atoms with Crippen LogP contribution in [-0.4, -0.2) is 24.2 Å². The smallest absolute Gasteiger partial charge is 0.309 e. The minimum absolute atomic E-state index is 0.208. The molecule has 0 saturated carbocycles. The van der Waals surface area contributed by atoms with Crippen molar-refractivity contribution in [1.82, 2.24) is 10.6 Å². The van der Waals surface area contributed by atoms with Crippen LogP contribution < -0.4 is 10.6 Å². The second-order valence-electron chi connectivity index (χ2n) is 4.24. The largest absolute Gasteiger partial charge is 0.347 e. The van der Waals surface area contributed by atoms with Crippen molar-refractivity contribution < 1.29 is 9.59 Å². The lowest BCUT2D eigenvalue weighted by Crippen LogP contribution is -2.41. The Morgan fingerprint density at radius 1 is 1.21 bits per heavy atom. The molecule has 2 N–H and O–H groups in total. The summed E-state index contributed by atoms with van der Waals surface area (Å²) in [5, 5.41) is 5.07. The maximum Gasteiger partial charge on any atom is 0.309 e. The lowest BCUT2D eigenvalue weighted by molar-refractivity contribution is -0.139. The van der Waals surface area contributed by atoms with Crippen LogP contribution in [0.5, 0.6) is 0 Å². The summed E-state index contributed by atoms with van der Waals surface area (Å²) in [6, 6.07) is 7.75. The highest BCUT2D eigenvalue weighted by Gasteiger charge is 2.16. The van der Waals surface area contributed by atoms with Crippen molar-refractivity contribution in [1.29, 1.82) is 0 Å². The molecule has 1 aromatic carbocycles. The van der Waals surface area contributed by atoms with Gasteiger partial charge in [-0.1, -0.05) is 31.2 Å². The molecule has 104 valence electrons. The van der Waals surface area contributed by atoms with E-state index in [2.05, 4.69) is 17.6 Å². The highest BCUT2D eigenvalue weighted by Crippen LogP contribution is 2.13. The second kappa shape index (κ2) is 7.79. The Hall–Kier alpha value is -1.55. The molecule has 1 atom stereocenters. The van der Waals surface area contributed by atoms with Gasteiger partial charge in [-0.05, 0) is 24.5 Å². The van der Waals surface area contributed by atoms with Crippen molar-refractivity contribution in [2.45, 2.75) is 26.3 Å². The first kappa shape index (κ1) is 15.5. The monoisotopic (exact) mass is 282 g/mol. The third-order valence-electron chi connectivity index (χ3n) is 2.82. The standard InChI is InChI=1S/C14H19ClN2O2/c1-3-11-4-6-12(7-5-11)10(2)17-14(19)13(18)16-9-8-15/h4-7,10H,3,8-9H2,1-2H3,(H,16,18)(H,17,19). The van der Waals surface area contributed by atoms with Crippen LogP contribution in [-0.2, 0) is 16.0 Å². The van der Waals surface area contributed by atoms with Crippen LogP contribution in [0.3, 0.4) is 0 Å². The average molecular weight is 283 g/mol. The Bertz CT molecular complexity index is 432.